The molecule has 4 rings (SSSR count). The summed E-state index contributed by atoms with van der Waals surface area (Å²) in [5, 5.41) is 2.83. The minimum absolute atomic E-state index is 0.0299. The number of nitrogens with zero attached hydrogens (tertiary/aromatic N) is 2. The van der Waals surface area contributed by atoms with E-state index in [-0.39, 0.29) is 24.7 Å². The summed E-state index contributed by atoms with van der Waals surface area (Å²) in [6, 6.07) is 11.5. The average molecular weight is 440 g/mol. The highest BCUT2D eigenvalue weighted by molar-refractivity contribution is 7.99. The van der Waals surface area contributed by atoms with Crippen LogP contribution in [0.2, 0.25) is 0 Å². The number of thioether (sulfide) groups is 1. The molecule has 2 aliphatic rings. The minimum Gasteiger partial charge on any atom is -0.489 e. The van der Waals surface area contributed by atoms with E-state index >= 15 is 0 Å². The lowest BCUT2D eigenvalue weighted by molar-refractivity contribution is -0.122. The Balaban J connectivity index is 1.30. The van der Waals surface area contributed by atoms with Crippen LogP contribution in [0.3, 0.4) is 0 Å². The van der Waals surface area contributed by atoms with Gasteiger partial charge < -0.3 is 15.0 Å². The zero-order chi connectivity index (χ0) is 21.5. The fourth-order valence-electron chi connectivity index (χ4n) is 4.14. The third-order valence-electron chi connectivity index (χ3n) is 5.82. The number of anilines is 2. The van der Waals surface area contributed by atoms with E-state index in [1.54, 1.807) is 28.9 Å². The number of aromatic nitrogens is 1. The number of benzene rings is 1. The van der Waals surface area contributed by atoms with Gasteiger partial charge in [-0.25, -0.2) is 4.98 Å². The fourth-order valence-corrected chi connectivity index (χ4v) is 5.14. The van der Waals surface area contributed by atoms with Crippen molar-refractivity contribution in [3.63, 3.8) is 0 Å². The van der Waals surface area contributed by atoms with Gasteiger partial charge >= 0.3 is 0 Å². The minimum atomic E-state index is -0.228. The van der Waals surface area contributed by atoms with Crippen molar-refractivity contribution in [2.45, 2.75) is 49.8 Å². The van der Waals surface area contributed by atoms with E-state index in [2.05, 4.69) is 10.3 Å². The lowest BCUT2D eigenvalue weighted by Crippen LogP contribution is -2.35. The molecular formula is C24H29N3O3S. The summed E-state index contributed by atoms with van der Waals surface area (Å²) < 4.78 is 5.98. The second kappa shape index (κ2) is 10.7. The van der Waals surface area contributed by atoms with Crippen LogP contribution in [0.15, 0.2) is 47.5 Å². The SMILES string of the molecule is O=C(CCC(=O)N1CCSc2ccccc21)Nc1ncccc1OCC1CCCCC1. The molecule has 7 heteroatoms. The van der Waals surface area contributed by atoms with Crippen molar-refractivity contribution in [1.82, 2.24) is 4.98 Å². The van der Waals surface area contributed by atoms with Crippen molar-refractivity contribution < 1.29 is 14.3 Å². The topological polar surface area (TPSA) is 71.5 Å². The number of para-hydroxylation sites is 1. The number of hydrogen-bond donors (Lipinski definition) is 1. The van der Waals surface area contributed by atoms with Crippen molar-refractivity contribution in [2.75, 3.05) is 29.1 Å². The van der Waals surface area contributed by atoms with Crippen LogP contribution < -0.4 is 15.0 Å². The van der Waals surface area contributed by atoms with Crippen LogP contribution in [0.1, 0.15) is 44.9 Å². The van der Waals surface area contributed by atoms with Gasteiger partial charge in [0, 0.05) is 36.2 Å². The van der Waals surface area contributed by atoms with Gasteiger partial charge in [-0.3, -0.25) is 9.59 Å². The van der Waals surface area contributed by atoms with Gasteiger partial charge in [-0.2, -0.15) is 0 Å². The number of nitrogens with one attached hydrogen (secondary N) is 1. The van der Waals surface area contributed by atoms with Gasteiger partial charge in [0.25, 0.3) is 0 Å². The first kappa shape index (κ1) is 21.7. The molecule has 1 N–H and O–H groups in total. The first-order valence-electron chi connectivity index (χ1n) is 11.1. The third kappa shape index (κ3) is 5.79. The van der Waals surface area contributed by atoms with Crippen molar-refractivity contribution in [2.24, 2.45) is 5.92 Å². The summed E-state index contributed by atoms with van der Waals surface area (Å²) in [6.45, 7) is 1.32. The molecule has 1 aliphatic heterocycles. The van der Waals surface area contributed by atoms with Gasteiger partial charge in [0.15, 0.2) is 11.6 Å². The zero-order valence-corrected chi connectivity index (χ0v) is 18.5. The lowest BCUT2D eigenvalue weighted by Gasteiger charge is -2.29. The normalized spacial score (nSPS) is 16.5. The van der Waals surface area contributed by atoms with Gasteiger partial charge in [0.2, 0.25) is 11.8 Å². The maximum Gasteiger partial charge on any atom is 0.227 e. The van der Waals surface area contributed by atoms with Crippen molar-refractivity contribution in [3.05, 3.63) is 42.6 Å². The molecule has 31 heavy (non-hydrogen) atoms. The molecule has 0 atom stereocenters. The Bertz CT molecular complexity index is 914. The van der Waals surface area contributed by atoms with E-state index in [1.807, 2.05) is 30.3 Å². The quantitative estimate of drug-likeness (QED) is 0.664. The second-order valence-corrected chi connectivity index (χ2v) is 9.21. The average Bonchev–Trinajstić information content (AvgIpc) is 2.82. The Morgan fingerprint density at radius 3 is 2.81 bits per heavy atom. The molecule has 1 aromatic heterocycles. The molecule has 1 saturated carbocycles. The van der Waals surface area contributed by atoms with Gasteiger partial charge in [-0.05, 0) is 43.0 Å². The summed E-state index contributed by atoms with van der Waals surface area (Å²) in [6.07, 6.45) is 8.14. The molecule has 1 aromatic carbocycles. The van der Waals surface area contributed by atoms with Gasteiger partial charge in [0.1, 0.15) is 0 Å². The molecule has 0 saturated heterocycles. The highest BCUT2D eigenvalue weighted by atomic mass is 32.2. The third-order valence-corrected chi connectivity index (χ3v) is 6.87. The van der Waals surface area contributed by atoms with E-state index in [0.29, 0.717) is 30.6 Å². The first-order chi connectivity index (χ1) is 15.2. The highest BCUT2D eigenvalue weighted by Gasteiger charge is 2.23. The summed E-state index contributed by atoms with van der Waals surface area (Å²) in [5.74, 6) is 2.20. The van der Waals surface area contributed by atoms with Crippen LogP contribution in [0.4, 0.5) is 11.5 Å². The van der Waals surface area contributed by atoms with Crippen LogP contribution in [0.5, 0.6) is 5.75 Å². The molecule has 2 amide bonds. The number of carbonyl (C=O) groups excluding carboxylic acids is 2. The van der Waals surface area contributed by atoms with E-state index in [1.165, 1.54) is 32.1 Å². The fraction of sp³-hybridized carbons (Fsp3) is 0.458. The molecule has 0 bridgehead atoms. The van der Waals surface area contributed by atoms with Crippen LogP contribution in [0, 0.1) is 5.92 Å². The monoisotopic (exact) mass is 439 g/mol. The molecule has 2 aromatic rings. The molecule has 0 radical (unpaired) electrons. The Morgan fingerprint density at radius 2 is 1.94 bits per heavy atom. The van der Waals surface area contributed by atoms with E-state index < -0.39 is 0 Å². The van der Waals surface area contributed by atoms with E-state index in [0.717, 1.165) is 16.3 Å². The van der Waals surface area contributed by atoms with E-state index in [4.69, 9.17) is 4.74 Å². The first-order valence-corrected chi connectivity index (χ1v) is 12.1. The van der Waals surface area contributed by atoms with Gasteiger partial charge in [-0.1, -0.05) is 31.4 Å². The Kier molecular flexibility index (Phi) is 7.46. The maximum absolute atomic E-state index is 12.8. The van der Waals surface area contributed by atoms with Gasteiger partial charge in [0.05, 0.1) is 12.3 Å². The predicted octanol–water partition coefficient (Wildman–Crippen LogP) is 4.90. The van der Waals surface area contributed by atoms with Crippen LogP contribution >= 0.6 is 11.8 Å². The molecular weight excluding hydrogens is 410 g/mol. The molecule has 1 aliphatic carbocycles. The van der Waals surface area contributed by atoms with Crippen LogP contribution in [-0.4, -0.2) is 35.7 Å². The number of hydrogen-bond acceptors (Lipinski definition) is 5. The van der Waals surface area contributed by atoms with Crippen LogP contribution in [0.25, 0.3) is 0 Å². The summed E-state index contributed by atoms with van der Waals surface area (Å²) in [5.41, 5.74) is 0.937. The molecule has 0 unspecified atom stereocenters. The highest BCUT2D eigenvalue weighted by Crippen LogP contribution is 2.34. The molecule has 164 valence electrons. The maximum atomic E-state index is 12.8. The number of amides is 2. The standard InChI is InChI=1S/C24H29N3O3S/c28-22(12-13-23(29)27-15-16-31-21-11-5-4-9-19(21)27)26-24-20(10-6-14-25-24)30-17-18-7-2-1-3-8-18/h4-6,9-11,14,18H,1-3,7-8,12-13,15-17H2,(H,25,26,28). The summed E-state index contributed by atoms with van der Waals surface area (Å²) in [4.78, 5) is 32.5. The Labute approximate surface area is 187 Å². The van der Waals surface area contributed by atoms with Crippen LogP contribution in [-0.2, 0) is 9.59 Å². The van der Waals surface area contributed by atoms with Crippen molar-refractivity contribution in [1.29, 1.82) is 0 Å². The largest absolute Gasteiger partial charge is 0.489 e. The van der Waals surface area contributed by atoms with Crippen molar-refractivity contribution in [3.8, 4) is 5.75 Å². The second-order valence-electron chi connectivity index (χ2n) is 8.07. The molecule has 1 fully saturated rings. The number of fused-ring (bicyclic) bond motifs is 1. The van der Waals surface area contributed by atoms with Crippen molar-refractivity contribution >= 4 is 35.1 Å². The molecule has 2 heterocycles. The number of ether oxygens (including phenoxy) is 1. The summed E-state index contributed by atoms with van der Waals surface area (Å²) >= 11 is 1.76. The molecule has 6 nitrogen and oxygen atoms in total. The number of rotatable bonds is 7. The summed E-state index contributed by atoms with van der Waals surface area (Å²) in [7, 11) is 0. The number of carbonyl (C=O) groups is 2. The Hall–Kier alpha value is -2.54. The predicted molar refractivity (Wildman–Crippen MR) is 124 cm³/mol. The van der Waals surface area contributed by atoms with E-state index in [9.17, 15) is 9.59 Å². The zero-order valence-electron chi connectivity index (χ0n) is 17.7. The van der Waals surface area contributed by atoms with Gasteiger partial charge in [-0.15, -0.1) is 11.8 Å². The lowest BCUT2D eigenvalue weighted by atomic mass is 9.90. The Morgan fingerprint density at radius 1 is 1.10 bits per heavy atom. The smallest absolute Gasteiger partial charge is 0.227 e. The number of pyridine rings is 1. The molecule has 0 spiro atoms.